The SMILES string of the molecule is CN(CCc1c[nH]c2ccccc12)c1ccc(N)cc1. The van der Waals surface area contributed by atoms with Crippen LogP contribution < -0.4 is 10.6 Å². The van der Waals surface area contributed by atoms with Gasteiger partial charge in [-0.1, -0.05) is 18.2 Å². The molecular weight excluding hydrogens is 246 g/mol. The average Bonchev–Trinajstić information content (AvgIpc) is 2.89. The van der Waals surface area contributed by atoms with Crippen LogP contribution in [0.2, 0.25) is 0 Å². The van der Waals surface area contributed by atoms with E-state index >= 15 is 0 Å². The molecule has 0 aliphatic rings. The molecule has 0 bridgehead atoms. The summed E-state index contributed by atoms with van der Waals surface area (Å²) >= 11 is 0. The molecule has 3 nitrogen and oxygen atoms in total. The number of nitrogens with one attached hydrogen (secondary N) is 1. The molecular formula is C17H19N3. The Labute approximate surface area is 119 Å². The van der Waals surface area contributed by atoms with Gasteiger partial charge in [-0.05, 0) is 42.3 Å². The summed E-state index contributed by atoms with van der Waals surface area (Å²) in [5, 5.41) is 1.32. The van der Waals surface area contributed by atoms with Crippen molar-refractivity contribution < 1.29 is 0 Å². The van der Waals surface area contributed by atoms with Crippen LogP contribution >= 0.6 is 0 Å². The molecule has 0 aliphatic carbocycles. The number of anilines is 2. The normalized spacial score (nSPS) is 10.8. The van der Waals surface area contributed by atoms with Crippen molar-refractivity contribution in [1.29, 1.82) is 0 Å². The summed E-state index contributed by atoms with van der Waals surface area (Å²) in [4.78, 5) is 5.58. The van der Waals surface area contributed by atoms with Gasteiger partial charge in [-0.15, -0.1) is 0 Å². The number of nitrogens with two attached hydrogens (primary N) is 1. The maximum atomic E-state index is 5.72. The number of likely N-dealkylation sites (N-methyl/N-ethyl adjacent to an activating group) is 1. The molecule has 1 heterocycles. The molecule has 0 saturated heterocycles. The molecule has 0 saturated carbocycles. The Morgan fingerprint density at radius 3 is 2.60 bits per heavy atom. The Morgan fingerprint density at radius 1 is 1.05 bits per heavy atom. The maximum absolute atomic E-state index is 5.72. The maximum Gasteiger partial charge on any atom is 0.0456 e. The van der Waals surface area contributed by atoms with E-state index in [1.165, 1.54) is 22.2 Å². The van der Waals surface area contributed by atoms with E-state index in [-0.39, 0.29) is 0 Å². The third-order valence-electron chi connectivity index (χ3n) is 3.73. The Kier molecular flexibility index (Phi) is 3.33. The highest BCUT2D eigenvalue weighted by molar-refractivity contribution is 5.83. The van der Waals surface area contributed by atoms with Crippen LogP contribution in [0.4, 0.5) is 11.4 Å². The van der Waals surface area contributed by atoms with Crippen molar-refractivity contribution in [2.75, 3.05) is 24.2 Å². The van der Waals surface area contributed by atoms with Crippen LogP contribution in [0.15, 0.2) is 54.7 Å². The second-order valence-electron chi connectivity index (χ2n) is 5.12. The molecule has 3 rings (SSSR count). The van der Waals surface area contributed by atoms with Gasteiger partial charge in [-0.2, -0.15) is 0 Å². The first-order chi connectivity index (χ1) is 9.74. The number of hydrogen-bond acceptors (Lipinski definition) is 2. The van der Waals surface area contributed by atoms with Crippen LogP contribution in [0, 0.1) is 0 Å². The third kappa shape index (κ3) is 2.48. The zero-order valence-electron chi connectivity index (χ0n) is 11.6. The Hall–Kier alpha value is -2.42. The van der Waals surface area contributed by atoms with E-state index in [4.69, 9.17) is 5.73 Å². The molecule has 0 unspecified atom stereocenters. The molecule has 3 N–H and O–H groups in total. The zero-order chi connectivity index (χ0) is 13.9. The highest BCUT2D eigenvalue weighted by Gasteiger charge is 2.05. The summed E-state index contributed by atoms with van der Waals surface area (Å²) in [6.45, 7) is 0.978. The number of benzene rings is 2. The predicted molar refractivity (Wildman–Crippen MR) is 86.1 cm³/mol. The van der Waals surface area contributed by atoms with Gasteiger partial charge >= 0.3 is 0 Å². The van der Waals surface area contributed by atoms with Gasteiger partial charge in [0.15, 0.2) is 0 Å². The van der Waals surface area contributed by atoms with E-state index in [1.807, 2.05) is 12.1 Å². The molecule has 3 aromatic rings. The fourth-order valence-electron chi connectivity index (χ4n) is 2.48. The van der Waals surface area contributed by atoms with Crippen molar-refractivity contribution in [2.24, 2.45) is 0 Å². The summed E-state index contributed by atoms with van der Waals surface area (Å²) in [5.74, 6) is 0. The molecule has 3 heteroatoms. The summed E-state index contributed by atoms with van der Waals surface area (Å²) < 4.78 is 0. The lowest BCUT2D eigenvalue weighted by atomic mass is 10.1. The van der Waals surface area contributed by atoms with E-state index in [2.05, 4.69) is 59.5 Å². The Bertz CT molecular complexity index is 698. The zero-order valence-corrected chi connectivity index (χ0v) is 11.6. The predicted octanol–water partition coefficient (Wildman–Crippen LogP) is 3.43. The van der Waals surface area contributed by atoms with Gasteiger partial charge in [-0.25, -0.2) is 0 Å². The first-order valence-electron chi connectivity index (χ1n) is 6.86. The largest absolute Gasteiger partial charge is 0.399 e. The summed E-state index contributed by atoms with van der Waals surface area (Å²) in [6.07, 6.45) is 3.13. The first-order valence-corrected chi connectivity index (χ1v) is 6.86. The van der Waals surface area contributed by atoms with Crippen LogP contribution in [0.5, 0.6) is 0 Å². The van der Waals surface area contributed by atoms with Gasteiger partial charge in [0.2, 0.25) is 0 Å². The molecule has 0 aliphatic heterocycles. The lowest BCUT2D eigenvalue weighted by Crippen LogP contribution is -2.20. The summed E-state index contributed by atoms with van der Waals surface area (Å²) in [5.41, 5.74) is 10.3. The van der Waals surface area contributed by atoms with E-state index < -0.39 is 0 Å². The number of rotatable bonds is 4. The second kappa shape index (κ2) is 5.29. The van der Waals surface area contributed by atoms with Gasteiger partial charge in [-0.3, -0.25) is 0 Å². The van der Waals surface area contributed by atoms with Crippen molar-refractivity contribution in [2.45, 2.75) is 6.42 Å². The highest BCUT2D eigenvalue weighted by Crippen LogP contribution is 2.20. The third-order valence-corrected chi connectivity index (χ3v) is 3.73. The van der Waals surface area contributed by atoms with E-state index in [9.17, 15) is 0 Å². The summed E-state index contributed by atoms with van der Waals surface area (Å²) in [6, 6.07) is 16.4. The van der Waals surface area contributed by atoms with Crippen LogP contribution in [-0.2, 0) is 6.42 Å². The van der Waals surface area contributed by atoms with Crippen LogP contribution in [-0.4, -0.2) is 18.6 Å². The van der Waals surface area contributed by atoms with Gasteiger partial charge in [0.05, 0.1) is 0 Å². The highest BCUT2D eigenvalue weighted by atomic mass is 15.1. The minimum Gasteiger partial charge on any atom is -0.399 e. The van der Waals surface area contributed by atoms with Crippen LogP contribution in [0.25, 0.3) is 10.9 Å². The lowest BCUT2D eigenvalue weighted by molar-refractivity contribution is 0.881. The second-order valence-corrected chi connectivity index (χ2v) is 5.12. The molecule has 0 atom stereocenters. The molecule has 102 valence electrons. The van der Waals surface area contributed by atoms with Crippen LogP contribution in [0.3, 0.4) is 0 Å². The number of nitrogen functional groups attached to an aromatic ring is 1. The van der Waals surface area contributed by atoms with Crippen molar-refractivity contribution in [3.63, 3.8) is 0 Å². The van der Waals surface area contributed by atoms with E-state index in [1.54, 1.807) is 0 Å². The number of H-pyrrole nitrogens is 1. The van der Waals surface area contributed by atoms with E-state index in [0.717, 1.165) is 18.7 Å². The number of aromatic amines is 1. The average molecular weight is 265 g/mol. The number of para-hydroxylation sites is 1. The Balaban J connectivity index is 1.71. The molecule has 20 heavy (non-hydrogen) atoms. The standard InChI is InChI=1S/C17H19N3/c1-20(15-8-6-14(18)7-9-15)11-10-13-12-19-17-5-3-2-4-16(13)17/h2-9,12,19H,10-11,18H2,1H3. The first kappa shape index (κ1) is 12.6. The number of aromatic nitrogens is 1. The number of fused-ring (bicyclic) bond motifs is 1. The molecule has 0 spiro atoms. The van der Waals surface area contributed by atoms with Crippen molar-refractivity contribution >= 4 is 22.3 Å². The van der Waals surface area contributed by atoms with Crippen molar-refractivity contribution in [3.05, 3.63) is 60.3 Å². The van der Waals surface area contributed by atoms with Crippen LogP contribution in [0.1, 0.15) is 5.56 Å². The molecule has 0 amide bonds. The molecule has 0 fully saturated rings. The van der Waals surface area contributed by atoms with Crippen molar-refractivity contribution in [3.8, 4) is 0 Å². The molecule has 0 radical (unpaired) electrons. The number of nitrogens with zero attached hydrogens (tertiary/aromatic N) is 1. The quantitative estimate of drug-likeness (QED) is 0.710. The lowest BCUT2D eigenvalue weighted by Gasteiger charge is -2.19. The summed E-state index contributed by atoms with van der Waals surface area (Å²) in [7, 11) is 2.11. The van der Waals surface area contributed by atoms with Gasteiger partial charge < -0.3 is 15.6 Å². The monoisotopic (exact) mass is 265 g/mol. The van der Waals surface area contributed by atoms with Gasteiger partial charge in [0.25, 0.3) is 0 Å². The topological polar surface area (TPSA) is 45.0 Å². The Morgan fingerprint density at radius 2 is 1.80 bits per heavy atom. The smallest absolute Gasteiger partial charge is 0.0456 e. The minimum atomic E-state index is 0.804. The van der Waals surface area contributed by atoms with Gasteiger partial charge in [0, 0.05) is 42.1 Å². The molecule has 2 aromatic carbocycles. The fourth-order valence-corrected chi connectivity index (χ4v) is 2.48. The number of hydrogen-bond donors (Lipinski definition) is 2. The molecule has 1 aromatic heterocycles. The van der Waals surface area contributed by atoms with E-state index in [0.29, 0.717) is 0 Å². The van der Waals surface area contributed by atoms with Crippen molar-refractivity contribution in [1.82, 2.24) is 4.98 Å². The van der Waals surface area contributed by atoms with Gasteiger partial charge in [0.1, 0.15) is 0 Å². The fraction of sp³-hybridized carbons (Fsp3) is 0.176. The minimum absolute atomic E-state index is 0.804.